The van der Waals surface area contributed by atoms with Gasteiger partial charge < -0.3 is 0 Å². The van der Waals surface area contributed by atoms with Crippen LogP contribution in [0.25, 0.3) is 0 Å². The van der Waals surface area contributed by atoms with E-state index in [-0.39, 0.29) is 4.90 Å². The average molecular weight is 278 g/mol. The maximum absolute atomic E-state index is 12.5. The van der Waals surface area contributed by atoms with Gasteiger partial charge in [-0.15, -0.1) is 0 Å². The van der Waals surface area contributed by atoms with Crippen LogP contribution < -0.4 is 0 Å². The molecule has 0 spiro atoms. The molecule has 102 valence electrons. The summed E-state index contributed by atoms with van der Waals surface area (Å²) in [4.78, 5) is 0.218. The summed E-state index contributed by atoms with van der Waals surface area (Å²) < 4.78 is 26.5. The van der Waals surface area contributed by atoms with Gasteiger partial charge in [-0.25, -0.2) is 8.42 Å². The molecule has 0 saturated carbocycles. The topological polar surface area (TPSA) is 61.2 Å². The number of hydrogen-bond acceptors (Lipinski definition) is 3. The Morgan fingerprint density at radius 2 is 2.16 bits per heavy atom. The van der Waals surface area contributed by atoms with E-state index >= 15 is 0 Å². The minimum Gasteiger partial charge on any atom is -0.207 e. The first-order valence-corrected chi connectivity index (χ1v) is 7.89. The highest BCUT2D eigenvalue weighted by molar-refractivity contribution is 7.89. The molecule has 1 fully saturated rings. The van der Waals surface area contributed by atoms with Crippen LogP contribution in [0.4, 0.5) is 0 Å². The van der Waals surface area contributed by atoms with Gasteiger partial charge in [0, 0.05) is 13.1 Å². The lowest BCUT2D eigenvalue weighted by Crippen LogP contribution is -2.29. The van der Waals surface area contributed by atoms with Gasteiger partial charge in [0.2, 0.25) is 10.0 Å². The molecule has 5 heteroatoms. The molecule has 0 bridgehead atoms. The predicted molar refractivity (Wildman–Crippen MR) is 72.9 cm³/mol. The molecular formula is C14H18N2O2S. The van der Waals surface area contributed by atoms with Crippen molar-refractivity contribution < 1.29 is 8.42 Å². The van der Waals surface area contributed by atoms with E-state index in [1.54, 1.807) is 18.2 Å². The highest BCUT2D eigenvalue weighted by atomic mass is 32.2. The summed E-state index contributed by atoms with van der Waals surface area (Å²) in [6.45, 7) is 5.40. The molecule has 1 aliphatic heterocycles. The third kappa shape index (κ3) is 2.80. The molecule has 0 N–H and O–H groups in total. The third-order valence-electron chi connectivity index (χ3n) is 3.73. The summed E-state index contributed by atoms with van der Waals surface area (Å²) in [6.07, 6.45) is 0.912. The van der Waals surface area contributed by atoms with Crippen molar-refractivity contribution in [3.05, 3.63) is 29.8 Å². The monoisotopic (exact) mass is 278 g/mol. The molecule has 2 rings (SSSR count). The van der Waals surface area contributed by atoms with Gasteiger partial charge in [0.1, 0.15) is 0 Å². The van der Waals surface area contributed by atoms with Crippen LogP contribution in [-0.2, 0) is 10.0 Å². The number of nitrogens with zero attached hydrogens (tertiary/aromatic N) is 2. The van der Waals surface area contributed by atoms with Crippen molar-refractivity contribution in [3.63, 3.8) is 0 Å². The summed E-state index contributed by atoms with van der Waals surface area (Å²) in [5, 5.41) is 8.85. The molecule has 1 saturated heterocycles. The number of benzene rings is 1. The van der Waals surface area contributed by atoms with Crippen LogP contribution in [0.5, 0.6) is 0 Å². The van der Waals surface area contributed by atoms with E-state index in [0.29, 0.717) is 30.5 Å². The minimum absolute atomic E-state index is 0.218. The molecule has 0 aromatic heterocycles. The van der Waals surface area contributed by atoms with Crippen molar-refractivity contribution in [3.8, 4) is 6.07 Å². The maximum Gasteiger partial charge on any atom is 0.243 e. The van der Waals surface area contributed by atoms with E-state index in [9.17, 15) is 8.42 Å². The van der Waals surface area contributed by atoms with Crippen molar-refractivity contribution >= 4 is 10.0 Å². The summed E-state index contributed by atoms with van der Waals surface area (Å²) in [7, 11) is -3.46. The van der Waals surface area contributed by atoms with Gasteiger partial charge in [0.25, 0.3) is 0 Å². The zero-order chi connectivity index (χ0) is 14.0. The van der Waals surface area contributed by atoms with Crippen molar-refractivity contribution in [1.29, 1.82) is 5.26 Å². The van der Waals surface area contributed by atoms with Crippen molar-refractivity contribution in [1.82, 2.24) is 4.31 Å². The molecule has 0 radical (unpaired) electrons. The Hall–Kier alpha value is -1.38. The van der Waals surface area contributed by atoms with E-state index in [1.165, 1.54) is 10.4 Å². The Morgan fingerprint density at radius 1 is 1.42 bits per heavy atom. The van der Waals surface area contributed by atoms with Gasteiger partial charge in [-0.3, -0.25) is 0 Å². The lowest BCUT2D eigenvalue weighted by atomic mass is 9.96. The fraction of sp³-hybridized carbons (Fsp3) is 0.500. The van der Waals surface area contributed by atoms with Crippen molar-refractivity contribution in [2.24, 2.45) is 11.8 Å². The number of rotatable bonds is 3. The summed E-state index contributed by atoms with van der Waals surface area (Å²) in [5.74, 6) is 0.916. The van der Waals surface area contributed by atoms with Gasteiger partial charge >= 0.3 is 0 Å². The van der Waals surface area contributed by atoms with Gasteiger partial charge in [0.15, 0.2) is 0 Å². The molecule has 19 heavy (non-hydrogen) atoms. The van der Waals surface area contributed by atoms with Crippen LogP contribution in [0.2, 0.25) is 0 Å². The molecule has 1 aromatic rings. The van der Waals surface area contributed by atoms with Crippen molar-refractivity contribution in [2.45, 2.75) is 25.2 Å². The molecular weight excluding hydrogens is 260 g/mol. The first-order valence-electron chi connectivity index (χ1n) is 6.45. The van der Waals surface area contributed by atoms with Gasteiger partial charge in [-0.05, 0) is 36.5 Å². The first-order chi connectivity index (χ1) is 8.95. The van der Waals surface area contributed by atoms with Crippen LogP contribution >= 0.6 is 0 Å². The molecule has 0 unspecified atom stereocenters. The average Bonchev–Trinajstić information content (AvgIpc) is 2.89. The Morgan fingerprint density at radius 3 is 2.74 bits per heavy atom. The Balaban J connectivity index is 2.26. The molecule has 1 aromatic carbocycles. The number of hydrogen-bond donors (Lipinski definition) is 0. The van der Waals surface area contributed by atoms with E-state index in [2.05, 4.69) is 13.8 Å². The van der Waals surface area contributed by atoms with Crippen LogP contribution in [0.15, 0.2) is 29.2 Å². The maximum atomic E-state index is 12.5. The van der Waals surface area contributed by atoms with Gasteiger partial charge in [0.05, 0.1) is 16.5 Å². The largest absolute Gasteiger partial charge is 0.243 e. The van der Waals surface area contributed by atoms with Crippen molar-refractivity contribution in [2.75, 3.05) is 13.1 Å². The fourth-order valence-corrected chi connectivity index (χ4v) is 3.95. The molecule has 0 aliphatic carbocycles. The molecule has 1 atom stereocenters. The second-order valence-electron chi connectivity index (χ2n) is 5.30. The first kappa shape index (κ1) is 14.0. The summed E-state index contributed by atoms with van der Waals surface area (Å²) >= 11 is 0. The summed E-state index contributed by atoms with van der Waals surface area (Å²) in [6, 6.07) is 8.19. The quantitative estimate of drug-likeness (QED) is 0.851. The van der Waals surface area contributed by atoms with E-state index in [0.717, 1.165) is 6.42 Å². The normalized spacial score (nSPS) is 20.6. The number of sulfonamides is 1. The summed E-state index contributed by atoms with van der Waals surface area (Å²) in [5.41, 5.74) is 0.376. The molecule has 1 heterocycles. The molecule has 1 aliphatic rings. The third-order valence-corrected chi connectivity index (χ3v) is 5.59. The van der Waals surface area contributed by atoms with E-state index in [1.807, 2.05) is 6.07 Å². The molecule has 0 amide bonds. The van der Waals surface area contributed by atoms with Crippen LogP contribution in [0.1, 0.15) is 25.8 Å². The van der Waals surface area contributed by atoms with E-state index in [4.69, 9.17) is 5.26 Å². The Kier molecular flexibility index (Phi) is 3.93. The predicted octanol–water partition coefficient (Wildman–Crippen LogP) is 2.22. The Bertz CT molecular complexity index is 602. The standard InChI is InChI=1S/C14H18N2O2S/c1-11(2)13-6-7-16(10-13)19(17,18)14-5-3-4-12(8-14)9-15/h3-5,8,11,13H,6-7,10H2,1-2H3/t13-/m1/s1. The van der Waals surface area contributed by atoms with E-state index < -0.39 is 10.0 Å². The van der Waals surface area contributed by atoms with Crippen LogP contribution in [-0.4, -0.2) is 25.8 Å². The lowest BCUT2D eigenvalue weighted by Gasteiger charge is -2.18. The zero-order valence-electron chi connectivity index (χ0n) is 11.2. The van der Waals surface area contributed by atoms with Gasteiger partial charge in [-0.2, -0.15) is 9.57 Å². The highest BCUT2D eigenvalue weighted by Crippen LogP contribution is 2.28. The second-order valence-corrected chi connectivity index (χ2v) is 7.23. The lowest BCUT2D eigenvalue weighted by molar-refractivity contribution is 0.388. The Labute approximate surface area is 114 Å². The minimum atomic E-state index is -3.46. The highest BCUT2D eigenvalue weighted by Gasteiger charge is 2.33. The number of nitriles is 1. The smallest absolute Gasteiger partial charge is 0.207 e. The van der Waals surface area contributed by atoms with Gasteiger partial charge in [-0.1, -0.05) is 19.9 Å². The van der Waals surface area contributed by atoms with Crippen LogP contribution in [0, 0.1) is 23.2 Å². The fourth-order valence-electron chi connectivity index (χ4n) is 2.39. The zero-order valence-corrected chi connectivity index (χ0v) is 12.0. The SMILES string of the molecule is CC(C)[C@@H]1CCN(S(=O)(=O)c2cccc(C#N)c2)C1. The second kappa shape index (κ2) is 5.32. The van der Waals surface area contributed by atoms with Crippen LogP contribution in [0.3, 0.4) is 0 Å². The molecule has 4 nitrogen and oxygen atoms in total.